The van der Waals surface area contributed by atoms with Crippen molar-refractivity contribution in [1.29, 1.82) is 0 Å². The number of benzene rings is 1. The number of carbonyl (C=O) groups excluding carboxylic acids is 2. The van der Waals surface area contributed by atoms with E-state index in [0.29, 0.717) is 141 Å². The molecule has 2 fully saturated rings. The zero-order valence-corrected chi connectivity index (χ0v) is 42.7. The third kappa shape index (κ3) is 15.3. The smallest absolute Gasteiger partial charge is 0.248 e. The lowest BCUT2D eigenvalue weighted by Gasteiger charge is -2.38. The van der Waals surface area contributed by atoms with Gasteiger partial charge in [-0.3, -0.25) is 9.59 Å². The number of aromatic amines is 1. The first kappa shape index (κ1) is 56.3. The summed E-state index contributed by atoms with van der Waals surface area (Å²) >= 11 is 0. The van der Waals surface area contributed by atoms with Crippen molar-refractivity contribution in [1.82, 2.24) is 59.7 Å². The van der Waals surface area contributed by atoms with Crippen LogP contribution in [0.15, 0.2) is 42.7 Å². The monoisotopic (exact) mass is 1030 g/mol. The number of piperazine rings is 2. The van der Waals surface area contributed by atoms with Crippen LogP contribution >= 0.6 is 0 Å². The molecule has 24 nitrogen and oxygen atoms in total. The lowest BCUT2D eigenvalue weighted by atomic mass is 9.98. The molecule has 2 aliphatic rings. The number of hydrogen-bond donors (Lipinski definition) is 6. The van der Waals surface area contributed by atoms with Gasteiger partial charge < -0.3 is 78.8 Å². The summed E-state index contributed by atoms with van der Waals surface area (Å²) in [4.78, 5) is 54.8. The molecule has 1 unspecified atom stereocenters. The molecular weight excluding hydrogens is 960 g/mol. The summed E-state index contributed by atoms with van der Waals surface area (Å²) in [5.74, 6) is 3.76. The topological polar surface area (TPSA) is 301 Å². The molecule has 5 aromatic rings. The summed E-state index contributed by atoms with van der Waals surface area (Å²) in [6.07, 6.45) is 11.9. The number of nitrogens with zero attached hydrogens (tertiary/aromatic N) is 13. The number of anilines is 3. The number of aliphatic hydroxyl groups is 1. The molecule has 2 saturated heterocycles. The van der Waals surface area contributed by atoms with E-state index in [0.717, 1.165) is 35.9 Å². The average Bonchev–Trinajstić information content (AvgIpc) is 4.21. The molecular formula is C48H72ClN18O6-. The van der Waals surface area contributed by atoms with Crippen LogP contribution in [0.2, 0.25) is 0 Å². The third-order valence-electron chi connectivity index (χ3n) is 13.2. The molecule has 2 amide bonds. The minimum absolute atomic E-state index is 0. The van der Waals surface area contributed by atoms with Gasteiger partial charge in [-0.25, -0.2) is 9.36 Å². The number of ether oxygens (including phenoxy) is 3. The highest BCUT2D eigenvalue weighted by atomic mass is 35.5. The van der Waals surface area contributed by atoms with Gasteiger partial charge in [0.1, 0.15) is 24.4 Å². The summed E-state index contributed by atoms with van der Waals surface area (Å²) < 4.78 is 19.8. The van der Waals surface area contributed by atoms with Crippen molar-refractivity contribution in [3.8, 4) is 12.3 Å². The van der Waals surface area contributed by atoms with Gasteiger partial charge in [0.05, 0.1) is 69.8 Å². The number of hydrogen-bond acceptors (Lipinski definition) is 19. The largest absolute Gasteiger partial charge is 1.00 e. The van der Waals surface area contributed by atoms with Crippen LogP contribution in [0.1, 0.15) is 80.8 Å². The van der Waals surface area contributed by atoms with E-state index in [-0.39, 0.29) is 49.4 Å². The molecule has 398 valence electrons. The number of nitrogens with two attached hydrogens (primary N) is 3. The Morgan fingerprint density at radius 1 is 0.822 bits per heavy atom. The van der Waals surface area contributed by atoms with Gasteiger partial charge in [-0.15, -0.1) is 16.6 Å². The van der Waals surface area contributed by atoms with Crippen LogP contribution in [-0.2, 0) is 30.2 Å². The maximum atomic E-state index is 14.7. The average molecular weight is 1030 g/mol. The first-order valence-electron chi connectivity index (χ1n) is 25.1. The maximum Gasteiger partial charge on any atom is 0.248 e. The molecule has 25 heteroatoms. The van der Waals surface area contributed by atoms with Crippen molar-refractivity contribution in [3.63, 3.8) is 0 Å². The molecule has 0 bridgehead atoms. The summed E-state index contributed by atoms with van der Waals surface area (Å²) in [5.41, 5.74) is 21.4. The lowest BCUT2D eigenvalue weighted by Crippen LogP contribution is -3.00. The Hall–Kier alpha value is -6.04. The normalized spacial score (nSPS) is 16.2. The van der Waals surface area contributed by atoms with E-state index in [1.165, 1.54) is 0 Å². The molecule has 5 atom stereocenters. The fourth-order valence-electron chi connectivity index (χ4n) is 8.64. The Morgan fingerprint density at radius 3 is 2.03 bits per heavy atom. The lowest BCUT2D eigenvalue weighted by molar-refractivity contribution is -0.136. The molecule has 0 saturated carbocycles. The molecule has 0 aliphatic carbocycles. The number of unbranched alkanes of at least 4 members (excludes halogenated alkanes) is 1. The molecule has 0 spiro atoms. The van der Waals surface area contributed by atoms with Crippen LogP contribution in [0.4, 0.5) is 17.8 Å². The minimum Gasteiger partial charge on any atom is -1.00 e. The van der Waals surface area contributed by atoms with Crippen LogP contribution in [0.3, 0.4) is 0 Å². The van der Waals surface area contributed by atoms with Crippen LogP contribution in [0.5, 0.6) is 0 Å². The van der Waals surface area contributed by atoms with Crippen molar-refractivity contribution in [3.05, 3.63) is 59.8 Å². The molecule has 73 heavy (non-hydrogen) atoms. The van der Waals surface area contributed by atoms with Crippen LogP contribution < -0.4 is 44.7 Å². The van der Waals surface area contributed by atoms with E-state index in [4.69, 9.17) is 52.8 Å². The number of H-pyrrole nitrogens is 1. The molecule has 2 aliphatic heterocycles. The second-order valence-corrected chi connectivity index (χ2v) is 18.1. The van der Waals surface area contributed by atoms with Crippen molar-refractivity contribution < 1.29 is 41.3 Å². The Bertz CT molecular complexity index is 2470. The van der Waals surface area contributed by atoms with Crippen LogP contribution in [0, 0.1) is 18.3 Å². The second kappa shape index (κ2) is 28.4. The number of nitrogens with one attached hydrogen (secondary N) is 2. The molecule has 4 aromatic heterocycles. The van der Waals surface area contributed by atoms with Gasteiger partial charge in [-0.05, 0) is 49.2 Å². The Balaban J connectivity index is 0.00000869. The van der Waals surface area contributed by atoms with Gasteiger partial charge in [0, 0.05) is 76.5 Å². The number of fused-ring (bicyclic) bond motifs is 1. The molecule has 9 N–H and O–H groups in total. The fraction of sp³-hybridized carbons (Fsp3) is 0.604. The van der Waals surface area contributed by atoms with E-state index in [1.807, 2.05) is 45.2 Å². The zero-order chi connectivity index (χ0) is 50.8. The summed E-state index contributed by atoms with van der Waals surface area (Å²) in [5, 5.41) is 31.2. The number of amides is 2. The molecule has 0 radical (unpaired) electrons. The highest BCUT2D eigenvalue weighted by Gasteiger charge is 2.34. The predicted molar refractivity (Wildman–Crippen MR) is 271 cm³/mol. The van der Waals surface area contributed by atoms with Crippen molar-refractivity contribution in [2.24, 2.45) is 23.1 Å². The predicted octanol–water partition coefficient (Wildman–Crippen LogP) is -2.18. The van der Waals surface area contributed by atoms with E-state index in [2.05, 4.69) is 61.7 Å². The van der Waals surface area contributed by atoms with Crippen molar-refractivity contribution in [2.75, 3.05) is 127 Å². The highest BCUT2D eigenvalue weighted by molar-refractivity contribution is 5.83. The van der Waals surface area contributed by atoms with Gasteiger partial charge in [0.2, 0.25) is 29.7 Å². The quantitative estimate of drug-likeness (QED) is 0.0229. The first-order chi connectivity index (χ1) is 35.1. The summed E-state index contributed by atoms with van der Waals surface area (Å²) in [7, 11) is 0. The molecule has 7 rings (SSSR count). The number of carbonyl (C=O) groups is 2. The number of rotatable bonds is 28. The maximum absolute atomic E-state index is 14.7. The summed E-state index contributed by atoms with van der Waals surface area (Å²) in [6, 6.07) is 7.84. The van der Waals surface area contributed by atoms with Crippen LogP contribution in [-0.4, -0.2) is 188 Å². The Labute approximate surface area is 432 Å². The molecule has 6 heterocycles. The fourth-order valence-corrected chi connectivity index (χ4v) is 8.64. The third-order valence-corrected chi connectivity index (χ3v) is 13.2. The number of aromatic nitrogens is 10. The van der Waals surface area contributed by atoms with Crippen LogP contribution in [0.25, 0.3) is 10.9 Å². The van der Waals surface area contributed by atoms with E-state index < -0.39 is 18.1 Å². The van der Waals surface area contributed by atoms with Gasteiger partial charge in [-0.2, -0.15) is 15.0 Å². The SMILES string of the molecule is C#CCOCCOCCOCCNc1nc(N2CCN(C(=O)[C@H](Cc3cc4ccccc4[nH]3)n3cc([C@@H](N)C(C)CC)nn3)CC2)nc(N2CCN(C(=O)[C@H](CCCCN)n3cc([C@@H](N)CO)nn3)CC2)n1.[Cl-]. The number of terminal acetylenes is 1. The van der Waals surface area contributed by atoms with Gasteiger partial charge in [0.25, 0.3) is 0 Å². The molecule has 1 aromatic carbocycles. The van der Waals surface area contributed by atoms with E-state index in [1.54, 1.807) is 15.6 Å². The van der Waals surface area contributed by atoms with Gasteiger partial charge in [-0.1, -0.05) is 54.8 Å². The zero-order valence-electron chi connectivity index (χ0n) is 42.0. The van der Waals surface area contributed by atoms with Crippen molar-refractivity contribution >= 4 is 40.6 Å². The van der Waals surface area contributed by atoms with E-state index in [9.17, 15) is 14.7 Å². The van der Waals surface area contributed by atoms with Gasteiger partial charge in [0.15, 0.2) is 0 Å². The number of halogens is 1. The second-order valence-electron chi connectivity index (χ2n) is 18.1. The van der Waals surface area contributed by atoms with E-state index >= 15 is 0 Å². The van der Waals surface area contributed by atoms with Crippen molar-refractivity contribution in [2.45, 2.75) is 70.1 Å². The first-order valence-corrected chi connectivity index (χ1v) is 25.1. The van der Waals surface area contributed by atoms with Gasteiger partial charge >= 0.3 is 0 Å². The summed E-state index contributed by atoms with van der Waals surface area (Å²) in [6.45, 7) is 10.6. The minimum atomic E-state index is -0.700. The number of para-hydroxylation sites is 1. The standard InChI is InChI=1S/C48H72N18O6.ClH/c1-4-23-70-25-27-72-28-26-71-24-14-52-46-54-47(63-19-15-61(16-20-63)44(68)41(12-8-9-13-49)65-31-39(57-59-65)37(50)33-67)56-48(55-46)64-21-17-62(18-22-64)45(69)42(30-36-29-35-10-6-7-11-38(35)53-36)66-32-40(58-60-66)43(51)34(3)5-2;/h1,6-7,10-11,29,31-32,34,37,41-43,53,67H,5,8-9,12-28,30,33,49-51H2,2-3H3,(H,52,54,55,56);1H/p-1/t34?,37-,41-,42-,43-;/m0./s1. The Morgan fingerprint density at radius 2 is 1.41 bits per heavy atom. The number of aliphatic hydroxyl groups excluding tert-OH is 1. The highest BCUT2D eigenvalue weighted by Crippen LogP contribution is 2.27. The Kier molecular flexibility index (Phi) is 21.9.